The highest BCUT2D eigenvalue weighted by atomic mass is 32.2. The lowest BCUT2D eigenvalue weighted by molar-refractivity contribution is -0.274. The monoisotopic (exact) mass is 499 g/mol. The number of benzene rings is 2. The van der Waals surface area contributed by atoms with Crippen molar-refractivity contribution in [2.24, 2.45) is 17.0 Å². The molecule has 0 unspecified atom stereocenters. The number of carbonyl (C=O) groups excluding carboxylic acids is 1. The van der Waals surface area contributed by atoms with Crippen molar-refractivity contribution in [3.8, 4) is 16.9 Å². The lowest BCUT2D eigenvalue weighted by Gasteiger charge is -2.23. The number of ether oxygens (including phenoxy) is 2. The van der Waals surface area contributed by atoms with Crippen LogP contribution in [-0.2, 0) is 14.3 Å². The quantitative estimate of drug-likeness (QED) is 0.122. The first-order valence-corrected chi connectivity index (χ1v) is 10.6. The SMILES string of the molecule is CC(C)(C)C(=O)OCN(N)/C(C(=O)O)=C(\N)Sc1ccc(-c2ccc(OC(F)(F)F)cc2)cc1. The third-order valence-electron chi connectivity index (χ3n) is 4.17. The van der Waals surface area contributed by atoms with E-state index in [-0.39, 0.29) is 10.8 Å². The molecule has 0 aromatic heterocycles. The topological polar surface area (TPSA) is 128 Å². The zero-order valence-corrected chi connectivity index (χ0v) is 19.4. The van der Waals surface area contributed by atoms with E-state index in [4.69, 9.17) is 16.3 Å². The van der Waals surface area contributed by atoms with Gasteiger partial charge in [0.25, 0.3) is 0 Å². The van der Waals surface area contributed by atoms with E-state index in [0.717, 1.165) is 16.8 Å². The molecule has 0 aliphatic rings. The summed E-state index contributed by atoms with van der Waals surface area (Å²) in [6, 6.07) is 12.1. The van der Waals surface area contributed by atoms with Crippen LogP contribution < -0.4 is 16.3 Å². The number of carbonyl (C=O) groups is 2. The Kier molecular flexibility index (Phi) is 8.46. The van der Waals surface area contributed by atoms with Crippen LogP contribution in [0.5, 0.6) is 5.75 Å². The molecular formula is C22H24F3N3O5S. The third kappa shape index (κ3) is 7.89. The van der Waals surface area contributed by atoms with E-state index in [9.17, 15) is 27.9 Å². The number of thioether (sulfide) groups is 1. The van der Waals surface area contributed by atoms with Crippen LogP contribution in [0, 0.1) is 5.41 Å². The van der Waals surface area contributed by atoms with E-state index in [1.807, 2.05) is 0 Å². The van der Waals surface area contributed by atoms with Gasteiger partial charge in [-0.05, 0) is 56.2 Å². The Morgan fingerprint density at radius 3 is 1.94 bits per heavy atom. The van der Waals surface area contributed by atoms with Gasteiger partial charge in [0.2, 0.25) is 0 Å². The Balaban J connectivity index is 2.12. The number of carboxylic acids is 1. The number of carboxylic acid groups (broad SMARTS) is 1. The molecule has 0 aliphatic heterocycles. The normalized spacial score (nSPS) is 12.6. The maximum absolute atomic E-state index is 12.3. The smallest absolute Gasteiger partial charge is 0.476 e. The number of alkyl halides is 3. The number of halogens is 3. The molecule has 0 fully saturated rings. The molecule has 2 aromatic carbocycles. The predicted molar refractivity (Wildman–Crippen MR) is 120 cm³/mol. The average molecular weight is 500 g/mol. The zero-order valence-electron chi connectivity index (χ0n) is 18.6. The number of hydrogen-bond acceptors (Lipinski definition) is 8. The van der Waals surface area contributed by atoms with E-state index in [2.05, 4.69) is 4.74 Å². The number of aliphatic carboxylic acids is 1. The standard InChI is InChI=1S/C22H24F3N3O5S/c1-21(2,3)20(31)32-12-28(27)17(19(29)30)18(26)34-16-10-6-14(7-11-16)13-4-8-15(9-5-13)33-22(23,24)25/h4-11H,12,26-27H2,1-3H3,(H,29,30)/b18-17+. The maximum Gasteiger partial charge on any atom is 0.573 e. The number of nitrogens with two attached hydrogens (primary N) is 2. The van der Waals surface area contributed by atoms with Gasteiger partial charge in [-0.15, -0.1) is 13.2 Å². The molecule has 0 radical (unpaired) electrons. The summed E-state index contributed by atoms with van der Waals surface area (Å²) < 4.78 is 45.7. The van der Waals surface area contributed by atoms with Crippen molar-refractivity contribution in [3.05, 3.63) is 59.3 Å². The highest BCUT2D eigenvalue weighted by Gasteiger charge is 2.31. The van der Waals surface area contributed by atoms with Gasteiger partial charge in [-0.1, -0.05) is 36.0 Å². The highest BCUT2D eigenvalue weighted by Crippen LogP contribution is 2.30. The summed E-state index contributed by atoms with van der Waals surface area (Å²) in [4.78, 5) is 24.1. The first-order chi connectivity index (χ1) is 15.7. The third-order valence-corrected chi connectivity index (χ3v) is 5.09. The van der Waals surface area contributed by atoms with Gasteiger partial charge in [0.05, 0.1) is 5.41 Å². The molecule has 5 N–H and O–H groups in total. The van der Waals surface area contributed by atoms with E-state index in [0.29, 0.717) is 16.0 Å². The molecule has 0 amide bonds. The van der Waals surface area contributed by atoms with Gasteiger partial charge in [0.1, 0.15) is 10.8 Å². The van der Waals surface area contributed by atoms with E-state index >= 15 is 0 Å². The highest BCUT2D eigenvalue weighted by molar-refractivity contribution is 8.03. The summed E-state index contributed by atoms with van der Waals surface area (Å²) in [6.45, 7) is 4.42. The van der Waals surface area contributed by atoms with Crippen LogP contribution in [-0.4, -0.2) is 35.1 Å². The molecule has 0 atom stereocenters. The van der Waals surface area contributed by atoms with Crippen molar-refractivity contribution in [3.63, 3.8) is 0 Å². The summed E-state index contributed by atoms with van der Waals surface area (Å²) in [5.41, 5.74) is 6.07. The minimum atomic E-state index is -4.77. The van der Waals surface area contributed by atoms with Crippen LogP contribution in [0.15, 0.2) is 64.2 Å². The number of hydrogen-bond donors (Lipinski definition) is 3. The molecule has 184 valence electrons. The molecule has 0 saturated heterocycles. The van der Waals surface area contributed by atoms with Crippen molar-refractivity contribution in [1.29, 1.82) is 0 Å². The Bertz CT molecular complexity index is 1050. The van der Waals surface area contributed by atoms with Crippen LogP contribution in [0.4, 0.5) is 13.2 Å². The second-order valence-corrected chi connectivity index (χ2v) is 9.11. The summed E-state index contributed by atoms with van der Waals surface area (Å²) in [5.74, 6) is 3.46. The molecule has 0 heterocycles. The van der Waals surface area contributed by atoms with Crippen molar-refractivity contribution >= 4 is 23.7 Å². The van der Waals surface area contributed by atoms with Crippen LogP contribution >= 0.6 is 11.8 Å². The molecule has 12 heteroatoms. The van der Waals surface area contributed by atoms with E-state index in [1.54, 1.807) is 45.0 Å². The van der Waals surface area contributed by atoms with Crippen molar-refractivity contribution in [2.45, 2.75) is 32.0 Å². The molecule has 2 aromatic rings. The molecule has 0 saturated carbocycles. The molecule has 0 bridgehead atoms. The largest absolute Gasteiger partial charge is 0.573 e. The predicted octanol–water partition coefficient (Wildman–Crippen LogP) is 4.28. The van der Waals surface area contributed by atoms with E-state index < -0.39 is 36.1 Å². The van der Waals surface area contributed by atoms with Gasteiger partial charge in [-0.2, -0.15) is 0 Å². The minimum Gasteiger partial charge on any atom is -0.476 e. The summed E-state index contributed by atoms with van der Waals surface area (Å²) in [7, 11) is 0. The van der Waals surface area contributed by atoms with Gasteiger partial charge >= 0.3 is 18.3 Å². The fraction of sp³-hybridized carbons (Fsp3) is 0.273. The number of nitrogens with zero attached hydrogens (tertiary/aromatic N) is 1. The lowest BCUT2D eigenvalue weighted by Crippen LogP contribution is -2.39. The van der Waals surface area contributed by atoms with Gasteiger partial charge in [0.15, 0.2) is 12.4 Å². The minimum absolute atomic E-state index is 0.136. The molecule has 0 aliphatic carbocycles. The van der Waals surface area contributed by atoms with Crippen LogP contribution in [0.25, 0.3) is 11.1 Å². The molecule has 34 heavy (non-hydrogen) atoms. The van der Waals surface area contributed by atoms with Gasteiger partial charge in [-0.25, -0.2) is 10.6 Å². The van der Waals surface area contributed by atoms with Crippen molar-refractivity contribution in [2.75, 3.05) is 6.73 Å². The fourth-order valence-electron chi connectivity index (χ4n) is 2.52. The Morgan fingerprint density at radius 2 is 1.50 bits per heavy atom. The summed E-state index contributed by atoms with van der Waals surface area (Å²) >= 11 is 0.930. The number of esters is 1. The lowest BCUT2D eigenvalue weighted by atomic mass is 9.98. The Morgan fingerprint density at radius 1 is 1.00 bits per heavy atom. The van der Waals surface area contributed by atoms with Gasteiger partial charge in [0, 0.05) is 4.90 Å². The molecular weight excluding hydrogens is 475 g/mol. The van der Waals surface area contributed by atoms with Crippen LogP contribution in [0.1, 0.15) is 20.8 Å². The van der Waals surface area contributed by atoms with Crippen molar-refractivity contribution in [1.82, 2.24) is 5.01 Å². The molecule has 2 rings (SSSR count). The number of rotatable bonds is 8. The van der Waals surface area contributed by atoms with Gasteiger partial charge in [-0.3, -0.25) is 9.80 Å². The van der Waals surface area contributed by atoms with Crippen LogP contribution in [0.2, 0.25) is 0 Å². The Labute approximate surface area is 198 Å². The first kappa shape index (κ1) is 26.9. The van der Waals surface area contributed by atoms with Crippen molar-refractivity contribution < 1.29 is 37.3 Å². The second-order valence-electron chi connectivity index (χ2n) is 8.00. The van der Waals surface area contributed by atoms with Gasteiger partial charge < -0.3 is 20.3 Å². The number of hydrazine groups is 1. The molecule has 0 spiro atoms. The average Bonchev–Trinajstić information content (AvgIpc) is 2.71. The van der Waals surface area contributed by atoms with E-state index in [1.165, 1.54) is 24.3 Å². The zero-order chi connectivity index (χ0) is 25.7. The molecule has 8 nitrogen and oxygen atoms in total. The van der Waals surface area contributed by atoms with Crippen LogP contribution in [0.3, 0.4) is 0 Å². The Hall–Kier alpha value is -3.38. The first-order valence-electron chi connectivity index (χ1n) is 9.74. The fourth-order valence-corrected chi connectivity index (χ4v) is 3.35. The second kappa shape index (κ2) is 10.7. The maximum atomic E-state index is 12.3. The summed E-state index contributed by atoms with van der Waals surface area (Å²) in [5, 5.41) is 10.1. The summed E-state index contributed by atoms with van der Waals surface area (Å²) in [6.07, 6.45) is -4.77.